The average Bonchev–Trinajstić information content (AvgIpc) is 3.11. The Kier molecular flexibility index (Phi) is 4.45. The molecule has 0 atom stereocenters. The predicted octanol–water partition coefficient (Wildman–Crippen LogP) is 5.44. The average molecular weight is 442 g/mol. The molecule has 2 heterocycles. The molecule has 0 unspecified atom stereocenters. The molecule has 0 radical (unpaired) electrons. The number of fused-ring (bicyclic) bond motifs is 1. The SMILES string of the molecule is Cc1nc(-c2ccccc2)n(-c2ccc(Br)cc2)[n+]1-c1cc2ccccc2cn1. The van der Waals surface area contributed by atoms with E-state index in [1.54, 1.807) is 0 Å². The molecule has 0 spiro atoms. The van der Waals surface area contributed by atoms with Gasteiger partial charge in [0.05, 0.1) is 5.69 Å². The van der Waals surface area contributed by atoms with E-state index in [4.69, 9.17) is 9.97 Å². The molecule has 3 aromatic carbocycles. The summed E-state index contributed by atoms with van der Waals surface area (Å²) in [6.07, 6.45) is 1.91. The zero-order valence-corrected chi connectivity index (χ0v) is 17.4. The summed E-state index contributed by atoms with van der Waals surface area (Å²) in [5, 5.41) is 2.27. The van der Waals surface area contributed by atoms with E-state index < -0.39 is 0 Å². The van der Waals surface area contributed by atoms with Gasteiger partial charge >= 0.3 is 0 Å². The number of hydrogen-bond donors (Lipinski definition) is 0. The van der Waals surface area contributed by atoms with Gasteiger partial charge in [0.15, 0.2) is 0 Å². The lowest BCUT2D eigenvalue weighted by Gasteiger charge is -2.09. The molecule has 5 heteroatoms. The Labute approximate surface area is 177 Å². The third kappa shape index (κ3) is 3.23. The highest BCUT2D eigenvalue weighted by molar-refractivity contribution is 9.10. The largest absolute Gasteiger partial charge is 0.285 e. The summed E-state index contributed by atoms with van der Waals surface area (Å²) in [7, 11) is 0. The molecule has 4 nitrogen and oxygen atoms in total. The third-order valence-corrected chi connectivity index (χ3v) is 5.44. The van der Waals surface area contributed by atoms with E-state index >= 15 is 0 Å². The van der Waals surface area contributed by atoms with Gasteiger partial charge in [-0.05, 0) is 41.8 Å². The molecule has 140 valence electrons. The van der Waals surface area contributed by atoms with Crippen LogP contribution in [0, 0.1) is 6.92 Å². The van der Waals surface area contributed by atoms with Crippen LogP contribution in [0.15, 0.2) is 95.6 Å². The van der Waals surface area contributed by atoms with Crippen LogP contribution in [0.4, 0.5) is 0 Å². The van der Waals surface area contributed by atoms with Crippen LogP contribution in [-0.2, 0) is 0 Å². The van der Waals surface area contributed by atoms with Crippen LogP contribution in [0.3, 0.4) is 0 Å². The third-order valence-electron chi connectivity index (χ3n) is 4.91. The second-order valence-electron chi connectivity index (χ2n) is 6.84. The highest BCUT2D eigenvalue weighted by atomic mass is 79.9. The molecule has 2 aromatic heterocycles. The molecule has 0 N–H and O–H groups in total. The van der Waals surface area contributed by atoms with Gasteiger partial charge in [0.2, 0.25) is 5.82 Å². The van der Waals surface area contributed by atoms with E-state index in [-0.39, 0.29) is 0 Å². The van der Waals surface area contributed by atoms with Crippen molar-refractivity contribution in [1.82, 2.24) is 14.6 Å². The number of nitrogens with zero attached hydrogens (tertiary/aromatic N) is 4. The van der Waals surface area contributed by atoms with Crippen LogP contribution in [0.1, 0.15) is 5.82 Å². The van der Waals surface area contributed by atoms with Crippen molar-refractivity contribution in [3.05, 3.63) is 101 Å². The lowest BCUT2D eigenvalue weighted by atomic mass is 10.2. The molecule has 0 bridgehead atoms. The lowest BCUT2D eigenvalue weighted by molar-refractivity contribution is -0.684. The van der Waals surface area contributed by atoms with Crippen molar-refractivity contribution < 1.29 is 4.68 Å². The molecule has 5 rings (SSSR count). The first kappa shape index (κ1) is 17.8. The summed E-state index contributed by atoms with van der Waals surface area (Å²) in [6, 6.07) is 28.8. The van der Waals surface area contributed by atoms with Crippen LogP contribution >= 0.6 is 15.9 Å². The summed E-state index contributed by atoms with van der Waals surface area (Å²) in [5.74, 6) is 2.58. The van der Waals surface area contributed by atoms with E-state index in [1.807, 2.05) is 55.6 Å². The molecule has 0 aliphatic rings. The molecule has 0 saturated heterocycles. The van der Waals surface area contributed by atoms with E-state index in [0.717, 1.165) is 44.0 Å². The van der Waals surface area contributed by atoms with Crippen molar-refractivity contribution >= 4 is 26.7 Å². The van der Waals surface area contributed by atoms with Crippen molar-refractivity contribution in [1.29, 1.82) is 0 Å². The van der Waals surface area contributed by atoms with Gasteiger partial charge in [-0.2, -0.15) is 4.68 Å². The smallest absolute Gasteiger partial charge is 0.164 e. The Hall–Kier alpha value is -3.31. The van der Waals surface area contributed by atoms with Crippen LogP contribution in [0.2, 0.25) is 0 Å². The van der Waals surface area contributed by atoms with Crippen LogP contribution < -0.4 is 4.68 Å². The van der Waals surface area contributed by atoms with Gasteiger partial charge in [0.1, 0.15) is 6.20 Å². The van der Waals surface area contributed by atoms with Crippen molar-refractivity contribution in [3.8, 4) is 22.9 Å². The number of aryl methyl sites for hydroxylation is 1. The highest BCUT2D eigenvalue weighted by Gasteiger charge is 2.25. The van der Waals surface area contributed by atoms with Gasteiger partial charge < -0.3 is 0 Å². The van der Waals surface area contributed by atoms with Gasteiger partial charge in [0, 0.05) is 28.4 Å². The Morgan fingerprint density at radius 2 is 1.52 bits per heavy atom. The van der Waals surface area contributed by atoms with Crippen molar-refractivity contribution in [2.45, 2.75) is 6.92 Å². The van der Waals surface area contributed by atoms with Crippen molar-refractivity contribution in [2.75, 3.05) is 0 Å². The van der Waals surface area contributed by atoms with Crippen LogP contribution in [-0.4, -0.2) is 14.6 Å². The number of benzene rings is 3. The first-order valence-corrected chi connectivity index (χ1v) is 10.2. The van der Waals surface area contributed by atoms with Crippen LogP contribution in [0.5, 0.6) is 0 Å². The number of pyridine rings is 1. The van der Waals surface area contributed by atoms with E-state index in [1.165, 1.54) is 0 Å². The molecule has 0 aliphatic carbocycles. The molecule has 0 fully saturated rings. The monoisotopic (exact) mass is 441 g/mol. The number of hydrogen-bond acceptors (Lipinski definition) is 2. The van der Waals surface area contributed by atoms with Crippen molar-refractivity contribution in [3.63, 3.8) is 0 Å². The molecular weight excluding hydrogens is 424 g/mol. The minimum Gasteiger partial charge on any atom is -0.164 e. The standard InChI is InChI=1S/C24H18BrN4/c1-17-27-24(18-7-3-2-4-8-18)29(22-13-11-21(25)12-14-22)28(17)23-15-19-9-5-6-10-20(19)16-26-23/h2-16H,1H3/q+1. The van der Waals surface area contributed by atoms with Gasteiger partial charge in [-0.25, -0.2) is 0 Å². The Balaban J connectivity index is 1.80. The fraction of sp³-hybridized carbons (Fsp3) is 0.0417. The zero-order valence-electron chi connectivity index (χ0n) is 15.8. The van der Waals surface area contributed by atoms with E-state index in [0.29, 0.717) is 0 Å². The Morgan fingerprint density at radius 3 is 2.28 bits per heavy atom. The maximum Gasteiger partial charge on any atom is 0.285 e. The van der Waals surface area contributed by atoms with Crippen LogP contribution in [0.25, 0.3) is 33.7 Å². The summed E-state index contributed by atoms with van der Waals surface area (Å²) in [6.45, 7) is 2.01. The molecule has 0 saturated carbocycles. The minimum atomic E-state index is 0.832. The molecule has 29 heavy (non-hydrogen) atoms. The normalized spacial score (nSPS) is 11.1. The highest BCUT2D eigenvalue weighted by Crippen LogP contribution is 2.23. The maximum atomic E-state index is 4.91. The Morgan fingerprint density at radius 1 is 0.828 bits per heavy atom. The maximum absolute atomic E-state index is 4.91. The topological polar surface area (TPSA) is 34.6 Å². The predicted molar refractivity (Wildman–Crippen MR) is 118 cm³/mol. The summed E-state index contributed by atoms with van der Waals surface area (Å²) in [4.78, 5) is 9.65. The minimum absolute atomic E-state index is 0.832. The summed E-state index contributed by atoms with van der Waals surface area (Å²) in [5.41, 5.74) is 2.07. The fourth-order valence-corrected chi connectivity index (χ4v) is 3.80. The fourth-order valence-electron chi connectivity index (χ4n) is 3.54. The van der Waals surface area contributed by atoms with Gasteiger partial charge in [0.25, 0.3) is 11.6 Å². The lowest BCUT2D eigenvalue weighted by Crippen LogP contribution is -2.43. The number of aromatic nitrogens is 4. The van der Waals surface area contributed by atoms with E-state index in [2.05, 4.69) is 67.8 Å². The first-order valence-electron chi connectivity index (χ1n) is 9.39. The van der Waals surface area contributed by atoms with Gasteiger partial charge in [-0.3, -0.25) is 0 Å². The van der Waals surface area contributed by atoms with Crippen molar-refractivity contribution in [2.24, 2.45) is 0 Å². The number of rotatable bonds is 3. The second-order valence-corrected chi connectivity index (χ2v) is 7.75. The Bertz CT molecular complexity index is 1310. The molecule has 5 aromatic rings. The van der Waals surface area contributed by atoms with E-state index in [9.17, 15) is 0 Å². The molecule has 0 amide bonds. The van der Waals surface area contributed by atoms with Gasteiger partial charge in [-0.1, -0.05) is 63.4 Å². The second kappa shape index (κ2) is 7.26. The number of halogens is 1. The molecule has 0 aliphatic heterocycles. The zero-order chi connectivity index (χ0) is 19.8. The summed E-state index contributed by atoms with van der Waals surface area (Å²) < 4.78 is 5.22. The molecular formula is C24H18BrN4+. The van der Waals surface area contributed by atoms with Gasteiger partial charge in [-0.15, -0.1) is 9.67 Å². The quantitative estimate of drug-likeness (QED) is 0.349. The summed E-state index contributed by atoms with van der Waals surface area (Å²) >= 11 is 3.53. The first-order chi connectivity index (χ1) is 14.2.